The van der Waals surface area contributed by atoms with Crippen LogP contribution in [0.15, 0.2) is 54.9 Å². The molecule has 0 spiro atoms. The van der Waals surface area contributed by atoms with Crippen molar-refractivity contribution in [1.29, 1.82) is 0 Å². The van der Waals surface area contributed by atoms with Crippen molar-refractivity contribution in [2.75, 3.05) is 0 Å². The molecular formula is C25H23FN4O2. The molecule has 1 aliphatic rings. The third kappa shape index (κ3) is 3.49. The lowest BCUT2D eigenvalue weighted by Crippen LogP contribution is -2.23. The van der Waals surface area contributed by atoms with Gasteiger partial charge in [-0.1, -0.05) is 12.1 Å². The minimum absolute atomic E-state index is 0.0105. The summed E-state index contributed by atoms with van der Waals surface area (Å²) in [5.74, 6) is -0.367. The predicted octanol–water partition coefficient (Wildman–Crippen LogP) is 4.72. The highest BCUT2D eigenvalue weighted by atomic mass is 19.1. The SMILES string of the molecule is [2H]C1([2H])c2ncccc2C(=O)N1Cc1ccc(-c2ccc(OC(C)C)c3nn(C)cc23)cc1F. The number of hydrogen-bond acceptors (Lipinski definition) is 4. The van der Waals surface area contributed by atoms with Crippen molar-refractivity contribution in [2.45, 2.75) is 33.0 Å². The molecule has 2 aromatic heterocycles. The van der Waals surface area contributed by atoms with Gasteiger partial charge in [0.05, 0.1) is 26.6 Å². The third-order valence-electron chi connectivity index (χ3n) is 5.33. The van der Waals surface area contributed by atoms with Gasteiger partial charge in [0.1, 0.15) is 17.1 Å². The Morgan fingerprint density at radius 3 is 2.81 bits per heavy atom. The molecular weight excluding hydrogens is 407 g/mol. The van der Waals surface area contributed by atoms with Crippen LogP contribution >= 0.6 is 0 Å². The van der Waals surface area contributed by atoms with E-state index >= 15 is 4.39 Å². The van der Waals surface area contributed by atoms with Crippen LogP contribution in [-0.2, 0) is 20.1 Å². The Hall–Kier alpha value is -3.74. The van der Waals surface area contributed by atoms with Crippen LogP contribution in [0, 0.1) is 5.82 Å². The lowest BCUT2D eigenvalue weighted by atomic mass is 9.99. The molecule has 3 heterocycles. The minimum Gasteiger partial charge on any atom is -0.489 e. The number of amides is 1. The molecule has 1 amide bonds. The Morgan fingerprint density at radius 1 is 1.22 bits per heavy atom. The van der Waals surface area contributed by atoms with E-state index in [1.54, 1.807) is 22.9 Å². The summed E-state index contributed by atoms with van der Waals surface area (Å²) in [6.07, 6.45) is 3.30. The monoisotopic (exact) mass is 432 g/mol. The smallest absolute Gasteiger partial charge is 0.256 e. The van der Waals surface area contributed by atoms with Crippen molar-refractivity contribution < 1.29 is 16.7 Å². The van der Waals surface area contributed by atoms with Gasteiger partial charge in [-0.25, -0.2) is 4.39 Å². The van der Waals surface area contributed by atoms with Gasteiger partial charge in [-0.05, 0) is 55.3 Å². The topological polar surface area (TPSA) is 60.3 Å². The second kappa shape index (κ2) is 7.75. The Labute approximate surface area is 188 Å². The van der Waals surface area contributed by atoms with Gasteiger partial charge in [-0.15, -0.1) is 0 Å². The first kappa shape index (κ1) is 17.9. The molecule has 0 N–H and O–H groups in total. The lowest BCUT2D eigenvalue weighted by molar-refractivity contribution is 0.0765. The summed E-state index contributed by atoms with van der Waals surface area (Å²) in [6, 6.07) is 11.6. The quantitative estimate of drug-likeness (QED) is 0.458. The first-order chi connectivity index (χ1) is 16.2. The maximum atomic E-state index is 15.2. The molecule has 7 heteroatoms. The molecule has 1 aliphatic heterocycles. The largest absolute Gasteiger partial charge is 0.489 e. The van der Waals surface area contributed by atoms with Crippen LogP contribution in [0.1, 0.15) is 38.2 Å². The summed E-state index contributed by atoms with van der Waals surface area (Å²) in [4.78, 5) is 17.8. The van der Waals surface area contributed by atoms with E-state index in [-0.39, 0.29) is 29.5 Å². The fraction of sp³-hybridized carbons (Fsp3) is 0.240. The number of halogens is 1. The van der Waals surface area contributed by atoms with Gasteiger partial charge >= 0.3 is 0 Å². The maximum absolute atomic E-state index is 15.2. The van der Waals surface area contributed by atoms with Crippen LogP contribution in [0.5, 0.6) is 5.75 Å². The highest BCUT2D eigenvalue weighted by molar-refractivity contribution is 5.98. The number of aryl methyl sites for hydroxylation is 1. The summed E-state index contributed by atoms with van der Waals surface area (Å²) in [5, 5.41) is 5.34. The van der Waals surface area contributed by atoms with Crippen LogP contribution in [0.2, 0.25) is 0 Å². The number of carbonyl (C=O) groups excluding carboxylic acids is 1. The zero-order chi connectivity index (χ0) is 24.2. The Bertz CT molecular complexity index is 1430. The third-order valence-corrected chi connectivity index (χ3v) is 5.33. The lowest BCUT2D eigenvalue weighted by Gasteiger charge is -2.16. The molecule has 0 aliphatic carbocycles. The summed E-state index contributed by atoms with van der Waals surface area (Å²) in [6.45, 7) is 1.56. The molecule has 0 saturated carbocycles. The van der Waals surface area contributed by atoms with Crippen molar-refractivity contribution in [1.82, 2.24) is 19.7 Å². The molecule has 5 rings (SSSR count). The van der Waals surface area contributed by atoms with Crippen molar-refractivity contribution in [3.63, 3.8) is 0 Å². The number of nitrogens with zero attached hydrogens (tertiary/aromatic N) is 4. The average molecular weight is 432 g/mol. The van der Waals surface area contributed by atoms with Gasteiger partial charge in [0.25, 0.3) is 5.91 Å². The summed E-state index contributed by atoms with van der Waals surface area (Å²) >= 11 is 0. The van der Waals surface area contributed by atoms with E-state index in [1.165, 1.54) is 18.3 Å². The number of aromatic nitrogens is 3. The predicted molar refractivity (Wildman–Crippen MR) is 120 cm³/mol. The van der Waals surface area contributed by atoms with E-state index in [2.05, 4.69) is 10.1 Å². The average Bonchev–Trinajstić information content (AvgIpc) is 3.26. The number of hydrogen-bond donors (Lipinski definition) is 0. The van der Waals surface area contributed by atoms with E-state index in [0.717, 1.165) is 15.8 Å². The summed E-state index contributed by atoms with van der Waals surface area (Å²) < 4.78 is 39.6. The summed E-state index contributed by atoms with van der Waals surface area (Å²) in [5.41, 5.74) is 2.62. The Kier molecular flexibility index (Phi) is 4.33. The molecule has 0 atom stereocenters. The molecule has 32 heavy (non-hydrogen) atoms. The van der Waals surface area contributed by atoms with Crippen LogP contribution in [0.3, 0.4) is 0 Å². The zero-order valence-electron chi connectivity index (χ0n) is 20.0. The second-order valence-corrected chi connectivity index (χ2v) is 8.05. The van der Waals surface area contributed by atoms with Crippen LogP contribution in [0.25, 0.3) is 22.0 Å². The van der Waals surface area contributed by atoms with Gasteiger partial charge in [-0.3, -0.25) is 14.5 Å². The van der Waals surface area contributed by atoms with Crippen LogP contribution in [0.4, 0.5) is 4.39 Å². The van der Waals surface area contributed by atoms with Gasteiger partial charge in [0.15, 0.2) is 0 Å². The molecule has 0 fully saturated rings. The van der Waals surface area contributed by atoms with Crippen molar-refractivity contribution >= 4 is 16.8 Å². The molecule has 4 aromatic rings. The number of carbonyl (C=O) groups is 1. The number of pyridine rings is 1. The van der Waals surface area contributed by atoms with Gasteiger partial charge in [-0.2, -0.15) is 5.10 Å². The van der Waals surface area contributed by atoms with E-state index in [9.17, 15) is 4.79 Å². The highest BCUT2D eigenvalue weighted by Crippen LogP contribution is 2.35. The van der Waals surface area contributed by atoms with Crippen molar-refractivity contribution in [2.24, 2.45) is 7.05 Å². The van der Waals surface area contributed by atoms with Crippen LogP contribution < -0.4 is 4.74 Å². The first-order valence-electron chi connectivity index (χ1n) is 11.4. The van der Waals surface area contributed by atoms with Crippen molar-refractivity contribution in [3.05, 3.63) is 77.5 Å². The van der Waals surface area contributed by atoms with Gasteiger partial charge in [0, 0.05) is 36.9 Å². The van der Waals surface area contributed by atoms with E-state index in [0.29, 0.717) is 16.8 Å². The molecule has 0 unspecified atom stereocenters. The van der Waals surface area contributed by atoms with Crippen LogP contribution in [-0.4, -0.2) is 31.7 Å². The molecule has 6 nitrogen and oxygen atoms in total. The zero-order valence-corrected chi connectivity index (χ0v) is 18.0. The number of fused-ring (bicyclic) bond motifs is 2. The molecule has 0 radical (unpaired) electrons. The Morgan fingerprint density at radius 2 is 2.06 bits per heavy atom. The highest BCUT2D eigenvalue weighted by Gasteiger charge is 2.28. The van der Waals surface area contributed by atoms with Crippen molar-refractivity contribution in [3.8, 4) is 16.9 Å². The summed E-state index contributed by atoms with van der Waals surface area (Å²) in [7, 11) is 1.82. The number of ether oxygens (including phenoxy) is 1. The normalized spacial score (nSPS) is 15.8. The Balaban J connectivity index is 1.49. The van der Waals surface area contributed by atoms with E-state index < -0.39 is 18.2 Å². The number of benzene rings is 2. The standard InChI is InChI=1S/C25H23FN4O2/c1-15(2)32-23-9-8-18(20-13-29(3)28-24(20)23)16-6-7-17(21(26)11-16)12-30-14-22-19(25(30)31)5-4-10-27-22/h4-11,13,15H,12,14H2,1-3H3/i14D2. The maximum Gasteiger partial charge on any atom is 0.256 e. The van der Waals surface area contributed by atoms with E-state index in [1.807, 2.05) is 39.2 Å². The fourth-order valence-corrected chi connectivity index (χ4v) is 3.91. The first-order valence-corrected chi connectivity index (χ1v) is 10.4. The van der Waals surface area contributed by atoms with E-state index in [4.69, 9.17) is 7.48 Å². The minimum atomic E-state index is -2.12. The fourth-order valence-electron chi connectivity index (χ4n) is 3.91. The number of rotatable bonds is 5. The molecule has 0 saturated heterocycles. The second-order valence-electron chi connectivity index (χ2n) is 8.05. The molecule has 162 valence electrons. The molecule has 2 aromatic carbocycles. The van der Waals surface area contributed by atoms with Gasteiger partial charge < -0.3 is 9.64 Å². The molecule has 0 bridgehead atoms. The van der Waals surface area contributed by atoms with Gasteiger partial charge in [0.2, 0.25) is 0 Å².